The molecule has 0 bridgehead atoms. The zero-order chi connectivity index (χ0) is 27.4. The third-order valence-electron chi connectivity index (χ3n) is 7.62. The highest BCUT2D eigenvalue weighted by molar-refractivity contribution is 7.84. The van der Waals surface area contributed by atoms with Crippen molar-refractivity contribution in [3.05, 3.63) is 40.6 Å². The Bertz CT molecular complexity index is 1260. The van der Waals surface area contributed by atoms with Gasteiger partial charge in [0.15, 0.2) is 5.78 Å². The van der Waals surface area contributed by atoms with Gasteiger partial charge in [0.25, 0.3) is 0 Å². The van der Waals surface area contributed by atoms with Crippen molar-refractivity contribution < 1.29 is 22.5 Å². The van der Waals surface area contributed by atoms with Gasteiger partial charge in [0.05, 0.1) is 24.0 Å². The summed E-state index contributed by atoms with van der Waals surface area (Å²) in [6.45, 7) is 15.6. The number of carbonyl (C=O) groups excluding carboxylic acids is 1. The number of anilines is 1. The molecule has 0 aliphatic heterocycles. The van der Waals surface area contributed by atoms with Crippen LogP contribution in [0.2, 0.25) is 0 Å². The van der Waals surface area contributed by atoms with Crippen LogP contribution in [0.15, 0.2) is 12.5 Å². The normalized spacial score (nSPS) is 22.1. The molecule has 200 valence electrons. The molecule has 10 nitrogen and oxygen atoms in total. The summed E-state index contributed by atoms with van der Waals surface area (Å²) in [7, 11) is -2.29. The molecule has 36 heavy (non-hydrogen) atoms. The molecular formula is C25H39N5O5S. The predicted octanol–water partition coefficient (Wildman–Crippen LogP) is 2.62. The van der Waals surface area contributed by atoms with Crippen molar-refractivity contribution in [2.45, 2.75) is 79.5 Å². The van der Waals surface area contributed by atoms with E-state index >= 15 is 0 Å². The van der Waals surface area contributed by atoms with Gasteiger partial charge in [0.2, 0.25) is 0 Å². The van der Waals surface area contributed by atoms with Gasteiger partial charge in [0, 0.05) is 47.4 Å². The summed E-state index contributed by atoms with van der Waals surface area (Å²) in [5, 5.41) is 16.0. The number of aromatic nitrogens is 3. The lowest BCUT2D eigenvalue weighted by Crippen LogP contribution is -2.44. The van der Waals surface area contributed by atoms with Crippen LogP contribution in [-0.2, 0) is 20.0 Å². The van der Waals surface area contributed by atoms with E-state index in [9.17, 15) is 18.3 Å². The molecule has 2 aromatic rings. The second-order valence-corrected chi connectivity index (χ2v) is 12.7. The summed E-state index contributed by atoms with van der Waals surface area (Å²) >= 11 is 0. The van der Waals surface area contributed by atoms with E-state index in [1.165, 1.54) is 6.33 Å². The molecule has 3 atom stereocenters. The Morgan fingerprint density at radius 2 is 1.89 bits per heavy atom. The standard InChI is InChI=1S/C25H39N5O5S/c1-14-16(3)30(24(4,5)6)11-18(14)21(31)20-15(2)27-13-28-23(20)29(9)19-10-17(12-35-36(26,33)34)22(32)25(19,7)8/h11,13,17,19,22,32H,10,12H2,1-9H3,(H2,26,33,34)/t17?,19-,22-/m1/s1. The maximum absolute atomic E-state index is 14.0. The van der Waals surface area contributed by atoms with Crippen molar-refractivity contribution in [2.24, 2.45) is 16.5 Å². The van der Waals surface area contributed by atoms with Gasteiger partial charge in [-0.15, -0.1) is 0 Å². The molecule has 2 heterocycles. The van der Waals surface area contributed by atoms with E-state index in [0.717, 1.165) is 11.3 Å². The predicted molar refractivity (Wildman–Crippen MR) is 138 cm³/mol. The Morgan fingerprint density at radius 3 is 2.42 bits per heavy atom. The summed E-state index contributed by atoms with van der Waals surface area (Å²) in [6.07, 6.45) is 2.90. The smallest absolute Gasteiger partial charge is 0.333 e. The lowest BCUT2D eigenvalue weighted by Gasteiger charge is -2.38. The number of carbonyl (C=O) groups is 1. The Balaban J connectivity index is 2.02. The van der Waals surface area contributed by atoms with Crippen LogP contribution >= 0.6 is 0 Å². The van der Waals surface area contributed by atoms with Crippen LogP contribution < -0.4 is 10.0 Å². The molecule has 3 N–H and O–H groups in total. The number of nitrogens with zero attached hydrogens (tertiary/aromatic N) is 4. The third-order valence-corrected chi connectivity index (χ3v) is 8.08. The second kappa shape index (κ2) is 9.51. The van der Waals surface area contributed by atoms with E-state index in [-0.39, 0.29) is 24.0 Å². The molecule has 1 saturated carbocycles. The number of hydrogen-bond acceptors (Lipinski definition) is 8. The SMILES string of the molecule is Cc1ncnc(N(C)[C@@H]2CC(COS(N)(=O)=O)[C@@H](O)C2(C)C)c1C(=O)c1cn(C(C)(C)C)c(C)c1C. The average molecular weight is 522 g/mol. The van der Waals surface area contributed by atoms with Gasteiger partial charge >= 0.3 is 10.3 Å². The number of ketones is 1. The van der Waals surface area contributed by atoms with Crippen molar-refractivity contribution in [3.63, 3.8) is 0 Å². The van der Waals surface area contributed by atoms with Crippen molar-refractivity contribution in [2.75, 3.05) is 18.6 Å². The number of nitrogens with two attached hydrogens (primary N) is 1. The molecule has 11 heteroatoms. The highest BCUT2D eigenvalue weighted by Gasteiger charge is 2.51. The van der Waals surface area contributed by atoms with Crippen molar-refractivity contribution in [1.29, 1.82) is 0 Å². The summed E-state index contributed by atoms with van der Waals surface area (Å²) in [4.78, 5) is 24.7. The van der Waals surface area contributed by atoms with Gasteiger partial charge < -0.3 is 14.6 Å². The van der Waals surface area contributed by atoms with E-state index in [1.54, 1.807) is 6.92 Å². The van der Waals surface area contributed by atoms with E-state index in [2.05, 4.69) is 35.3 Å². The molecule has 0 radical (unpaired) electrons. The average Bonchev–Trinajstić information content (AvgIpc) is 3.18. The van der Waals surface area contributed by atoms with Crippen LogP contribution in [0.3, 0.4) is 0 Å². The minimum absolute atomic E-state index is 0.163. The van der Waals surface area contributed by atoms with E-state index < -0.39 is 27.7 Å². The number of aliphatic hydroxyl groups is 1. The van der Waals surface area contributed by atoms with Gasteiger partial charge in [-0.3, -0.25) is 8.98 Å². The molecule has 2 aromatic heterocycles. The molecule has 0 spiro atoms. The lowest BCUT2D eigenvalue weighted by atomic mass is 9.83. The molecule has 1 aliphatic carbocycles. The van der Waals surface area contributed by atoms with Crippen molar-refractivity contribution in [1.82, 2.24) is 14.5 Å². The zero-order valence-corrected chi connectivity index (χ0v) is 23.5. The quantitative estimate of drug-likeness (QED) is 0.530. The van der Waals surface area contributed by atoms with Crippen LogP contribution in [0, 0.1) is 32.1 Å². The maximum atomic E-state index is 14.0. The largest absolute Gasteiger partial charge is 0.392 e. The van der Waals surface area contributed by atoms with E-state index in [0.29, 0.717) is 29.1 Å². The van der Waals surface area contributed by atoms with Gasteiger partial charge in [-0.2, -0.15) is 8.42 Å². The Kier molecular flexibility index (Phi) is 7.46. The number of hydrogen-bond donors (Lipinski definition) is 2. The first kappa shape index (κ1) is 28.2. The maximum Gasteiger partial charge on any atom is 0.333 e. The molecule has 0 amide bonds. The molecule has 1 fully saturated rings. The monoisotopic (exact) mass is 521 g/mol. The Labute approximate surface area is 214 Å². The zero-order valence-electron chi connectivity index (χ0n) is 22.7. The fourth-order valence-corrected chi connectivity index (χ4v) is 5.79. The van der Waals surface area contributed by atoms with Crippen molar-refractivity contribution >= 4 is 21.9 Å². The van der Waals surface area contributed by atoms with E-state index in [1.807, 2.05) is 45.8 Å². The van der Waals surface area contributed by atoms with Crippen LogP contribution in [0.1, 0.15) is 73.9 Å². The van der Waals surface area contributed by atoms with E-state index in [4.69, 9.17) is 9.32 Å². The summed E-state index contributed by atoms with van der Waals surface area (Å²) in [5.41, 5.74) is 2.65. The van der Waals surface area contributed by atoms with Gasteiger partial charge in [-0.05, 0) is 53.5 Å². The number of aliphatic hydroxyl groups excluding tert-OH is 1. The van der Waals surface area contributed by atoms with Crippen LogP contribution in [0.25, 0.3) is 0 Å². The van der Waals surface area contributed by atoms with Crippen LogP contribution in [-0.4, -0.2) is 59.6 Å². The topological polar surface area (TPSA) is 141 Å². The summed E-state index contributed by atoms with van der Waals surface area (Å²) in [6, 6.07) is -0.260. The number of rotatable bonds is 7. The van der Waals surface area contributed by atoms with Crippen molar-refractivity contribution in [3.8, 4) is 0 Å². The Hall–Kier alpha value is -2.34. The molecule has 3 rings (SSSR count). The molecule has 1 unspecified atom stereocenters. The first-order valence-corrected chi connectivity index (χ1v) is 13.5. The van der Waals surface area contributed by atoms with Crippen LogP contribution in [0.5, 0.6) is 0 Å². The summed E-state index contributed by atoms with van der Waals surface area (Å²) in [5.74, 6) is -0.158. The highest BCUT2D eigenvalue weighted by atomic mass is 32.2. The molecule has 0 aromatic carbocycles. The minimum atomic E-state index is -4.12. The fraction of sp³-hybridized carbons (Fsp3) is 0.640. The van der Waals surface area contributed by atoms with Gasteiger partial charge in [0.1, 0.15) is 12.1 Å². The van der Waals surface area contributed by atoms with Crippen LogP contribution in [0.4, 0.5) is 5.82 Å². The highest BCUT2D eigenvalue weighted by Crippen LogP contribution is 2.45. The fourth-order valence-electron chi connectivity index (χ4n) is 5.42. The molecule has 0 saturated heterocycles. The van der Waals surface area contributed by atoms with Gasteiger partial charge in [-0.25, -0.2) is 15.1 Å². The number of aryl methyl sites for hydroxylation is 1. The Morgan fingerprint density at radius 1 is 1.28 bits per heavy atom. The minimum Gasteiger partial charge on any atom is -0.392 e. The second-order valence-electron chi connectivity index (χ2n) is 11.4. The third kappa shape index (κ3) is 5.20. The lowest BCUT2D eigenvalue weighted by molar-refractivity contribution is 0.0265. The summed E-state index contributed by atoms with van der Waals surface area (Å²) < 4.78 is 29.5. The van der Waals surface area contributed by atoms with Gasteiger partial charge in [-0.1, -0.05) is 13.8 Å². The first-order chi connectivity index (χ1) is 16.4. The first-order valence-electron chi connectivity index (χ1n) is 12.0. The molecular weight excluding hydrogens is 482 g/mol. The molecule has 1 aliphatic rings.